The van der Waals surface area contributed by atoms with Crippen molar-refractivity contribution in [2.45, 2.75) is 143 Å². The van der Waals surface area contributed by atoms with Crippen LogP contribution in [0.1, 0.15) is 126 Å². The number of fused-ring (bicyclic) bond motifs is 7. The third kappa shape index (κ3) is 6.42. The third-order valence-electron chi connectivity index (χ3n) is 18.6. The van der Waals surface area contributed by atoms with Crippen LogP contribution in [0.3, 0.4) is 0 Å². The lowest BCUT2D eigenvalue weighted by Crippen LogP contribution is -2.68. The number of sulfone groups is 1. The van der Waals surface area contributed by atoms with Gasteiger partial charge in [0.25, 0.3) is 6.47 Å². The van der Waals surface area contributed by atoms with Crippen LogP contribution < -0.4 is 5.32 Å². The van der Waals surface area contributed by atoms with Crippen molar-refractivity contribution in [3.05, 3.63) is 35.5 Å². The molecule has 6 aliphatic carbocycles. The number of allylic oxidation sites excluding steroid dienone is 5. The van der Waals surface area contributed by atoms with E-state index in [2.05, 4.69) is 70.5 Å². The summed E-state index contributed by atoms with van der Waals surface area (Å²) in [7, 11) is -3.04. The summed E-state index contributed by atoms with van der Waals surface area (Å²) in [5, 5.41) is 14.0. The molecule has 0 spiro atoms. The average Bonchev–Trinajstić information content (AvgIpc) is 3.53. The van der Waals surface area contributed by atoms with Crippen molar-refractivity contribution in [1.29, 1.82) is 0 Å². The van der Waals surface area contributed by atoms with E-state index in [9.17, 15) is 27.5 Å². The molecule has 0 aromatic carbocycles. The molecule has 0 bridgehead atoms. The molecule has 314 valence electrons. The number of carbonyl (C=O) groups is 2. The summed E-state index contributed by atoms with van der Waals surface area (Å²) >= 11 is 0. The fourth-order valence-corrected chi connectivity index (χ4v) is 16.5. The molecule has 1 heterocycles. The lowest BCUT2D eigenvalue weighted by atomic mass is 9.33. The van der Waals surface area contributed by atoms with Crippen LogP contribution in [0.5, 0.6) is 0 Å². The number of halogens is 1. The number of nitrogens with zero attached hydrogens (tertiary/aromatic N) is 1. The minimum absolute atomic E-state index is 0.0440. The van der Waals surface area contributed by atoms with Crippen LogP contribution in [0.15, 0.2) is 35.5 Å². The fraction of sp³-hybridized carbons (Fsp3) is 0.826. The van der Waals surface area contributed by atoms with Gasteiger partial charge in [-0.25, -0.2) is 12.8 Å². The van der Waals surface area contributed by atoms with Crippen molar-refractivity contribution in [3.63, 3.8) is 0 Å². The highest BCUT2D eigenvalue weighted by molar-refractivity contribution is 7.91. The van der Waals surface area contributed by atoms with Gasteiger partial charge in [0.2, 0.25) is 0 Å². The molecule has 2 N–H and O–H groups in total. The van der Waals surface area contributed by atoms with Gasteiger partial charge in [-0.3, -0.25) is 14.5 Å². The van der Waals surface area contributed by atoms with Crippen LogP contribution in [0, 0.1) is 56.7 Å². The van der Waals surface area contributed by atoms with E-state index in [1.165, 1.54) is 48.8 Å². The van der Waals surface area contributed by atoms with Crippen LogP contribution in [0.4, 0.5) is 4.39 Å². The Balaban J connectivity index is 1.16. The van der Waals surface area contributed by atoms with Crippen LogP contribution >= 0.6 is 0 Å². The Morgan fingerprint density at radius 3 is 2.32 bits per heavy atom. The third-order valence-corrected chi connectivity index (χ3v) is 20.2. The molecule has 1 aliphatic heterocycles. The van der Waals surface area contributed by atoms with E-state index in [4.69, 9.17) is 4.74 Å². The monoisotopic (exact) mass is 799 g/mol. The maximum atomic E-state index is 14.0. The molecular formula is C46H71FN2O6S. The first-order valence-electron chi connectivity index (χ1n) is 21.9. The number of carboxylic acid groups (broad SMARTS) is 1. The Morgan fingerprint density at radius 1 is 1.00 bits per heavy atom. The zero-order valence-corrected chi connectivity index (χ0v) is 36.2. The predicted octanol–water partition coefficient (Wildman–Crippen LogP) is 8.33. The van der Waals surface area contributed by atoms with Gasteiger partial charge < -0.3 is 15.2 Å². The van der Waals surface area contributed by atoms with E-state index in [0.717, 1.165) is 25.7 Å². The van der Waals surface area contributed by atoms with Gasteiger partial charge in [0.05, 0.1) is 23.0 Å². The van der Waals surface area contributed by atoms with Gasteiger partial charge in [0.1, 0.15) is 12.8 Å². The summed E-state index contributed by atoms with van der Waals surface area (Å²) in [5.74, 6) is 1.83. The van der Waals surface area contributed by atoms with E-state index in [1.807, 2.05) is 6.92 Å². The molecule has 0 aromatic heterocycles. The van der Waals surface area contributed by atoms with Gasteiger partial charge in [-0.15, -0.1) is 0 Å². The van der Waals surface area contributed by atoms with Gasteiger partial charge in [0.15, 0.2) is 9.84 Å². The van der Waals surface area contributed by atoms with Gasteiger partial charge in [0, 0.05) is 25.2 Å². The number of carboxylic acids is 1. The minimum atomic E-state index is -3.04. The Morgan fingerprint density at radius 2 is 1.71 bits per heavy atom. The molecule has 7 aliphatic rings. The van der Waals surface area contributed by atoms with Crippen molar-refractivity contribution in [2.24, 2.45) is 56.7 Å². The molecule has 8 nitrogen and oxygen atoms in total. The number of carbonyl (C=O) groups excluding carboxylic acids is 1. The summed E-state index contributed by atoms with van der Waals surface area (Å²) in [6, 6.07) is -0.105. The lowest BCUT2D eigenvalue weighted by Gasteiger charge is -2.72. The second-order valence-corrected chi connectivity index (χ2v) is 23.4. The second kappa shape index (κ2) is 14.6. The highest BCUT2D eigenvalue weighted by atomic mass is 32.2. The summed E-state index contributed by atoms with van der Waals surface area (Å²) in [6.45, 7) is 22.8. The lowest BCUT2D eigenvalue weighted by molar-refractivity contribution is -0.221. The zero-order chi connectivity index (χ0) is 40.7. The summed E-state index contributed by atoms with van der Waals surface area (Å²) in [5.41, 5.74) is 3.02. The highest BCUT2D eigenvalue weighted by Gasteiger charge is 2.70. The topological polar surface area (TPSA) is 113 Å². The minimum Gasteiger partial charge on any atom is -0.481 e. The van der Waals surface area contributed by atoms with E-state index < -0.39 is 27.9 Å². The summed E-state index contributed by atoms with van der Waals surface area (Å²) < 4.78 is 44.3. The normalized spacial score (nSPS) is 44.0. The quantitative estimate of drug-likeness (QED) is 0.159. The van der Waals surface area contributed by atoms with Gasteiger partial charge >= 0.3 is 5.97 Å². The Labute approximate surface area is 336 Å². The number of nitrogens with one attached hydrogen (secondary N) is 1. The van der Waals surface area contributed by atoms with E-state index in [1.54, 1.807) is 0 Å². The predicted molar refractivity (Wildman–Crippen MR) is 219 cm³/mol. The molecule has 12 atom stereocenters. The summed E-state index contributed by atoms with van der Waals surface area (Å²) in [6.07, 6.45) is 15.8. The molecule has 4 saturated carbocycles. The SMILES string of the molecule is C=C(C)[C@@H]1CC[C@]2(NCC(C(C)OC=O)N3CCS(=O)(=O)CC3)CC[C@]3(C)[C@H](CC[C@@H]4[C@@]5(C)CC=C(C6=CC[C@@](CF)(C(=O)O)CC6)C(C)(C)[C@@H]5CC[C@]43C)[C@@H]12. The van der Waals surface area contributed by atoms with Crippen molar-refractivity contribution in [1.82, 2.24) is 10.2 Å². The van der Waals surface area contributed by atoms with Crippen molar-refractivity contribution >= 4 is 22.3 Å². The van der Waals surface area contributed by atoms with E-state index in [0.29, 0.717) is 68.5 Å². The molecule has 56 heavy (non-hydrogen) atoms. The Bertz CT molecular complexity index is 1750. The molecule has 0 amide bonds. The molecule has 5 fully saturated rings. The largest absolute Gasteiger partial charge is 0.481 e. The number of alkyl halides is 1. The number of rotatable bonds is 11. The number of hydrogen-bond donors (Lipinski definition) is 2. The van der Waals surface area contributed by atoms with Crippen molar-refractivity contribution < 1.29 is 32.2 Å². The molecule has 2 unspecified atom stereocenters. The van der Waals surface area contributed by atoms with Gasteiger partial charge in [-0.05, 0) is 153 Å². The zero-order valence-electron chi connectivity index (χ0n) is 35.4. The first-order valence-corrected chi connectivity index (χ1v) is 23.7. The molecular weight excluding hydrogens is 728 g/mol. The molecule has 7 rings (SSSR count). The van der Waals surface area contributed by atoms with Crippen LogP contribution in [0.25, 0.3) is 0 Å². The molecule has 1 saturated heterocycles. The molecule has 10 heteroatoms. The highest BCUT2D eigenvalue weighted by Crippen LogP contribution is 2.76. The molecule has 0 radical (unpaired) electrons. The molecule has 0 aromatic rings. The number of hydrogen-bond acceptors (Lipinski definition) is 7. The van der Waals surface area contributed by atoms with Gasteiger partial charge in [-0.1, -0.05) is 58.9 Å². The average molecular weight is 799 g/mol. The van der Waals surface area contributed by atoms with Gasteiger partial charge in [-0.2, -0.15) is 0 Å². The smallest absolute Gasteiger partial charge is 0.312 e. The first kappa shape index (κ1) is 42.1. The first-order chi connectivity index (χ1) is 26.2. The van der Waals surface area contributed by atoms with E-state index in [-0.39, 0.29) is 57.3 Å². The number of ether oxygens (including phenoxy) is 1. The van der Waals surface area contributed by atoms with Crippen LogP contribution in [-0.4, -0.2) is 86.4 Å². The second-order valence-electron chi connectivity index (χ2n) is 21.1. The Kier molecular flexibility index (Phi) is 11.0. The summed E-state index contributed by atoms with van der Waals surface area (Å²) in [4.78, 5) is 25.8. The number of aliphatic carboxylic acids is 1. The Hall–Kier alpha value is -2.04. The van der Waals surface area contributed by atoms with Crippen molar-refractivity contribution in [2.75, 3.05) is 37.8 Å². The van der Waals surface area contributed by atoms with E-state index >= 15 is 0 Å². The standard InChI is InChI=1S/C46H71FN2O6S/c1-30(2)33-13-20-46(48-27-36(31(3)55-29-50)49-23-25-56(53,54)26-24-49)22-21-43(7)35(39(33)46)9-10-38-42(6)16-14-34(41(4,5)37(42)15-17-44(38,43)8)32-11-18-45(28-47,19-12-32)40(51)52/h11,14,29,31,33,35-39,48H,1,9-10,12-13,15-28H2,2-8H3,(H,51,52)/t31?,33-,35+,36?,37-,38+,39+,42-,43+,44+,45+,46-/m0/s1. The van der Waals surface area contributed by atoms with Crippen molar-refractivity contribution in [3.8, 4) is 0 Å². The van der Waals surface area contributed by atoms with Crippen LogP contribution in [0.2, 0.25) is 0 Å². The fourth-order valence-electron chi connectivity index (χ4n) is 15.3. The maximum Gasteiger partial charge on any atom is 0.312 e. The van der Waals surface area contributed by atoms with Crippen LogP contribution in [-0.2, 0) is 24.2 Å². The maximum absolute atomic E-state index is 14.0.